The predicted octanol–water partition coefficient (Wildman–Crippen LogP) is 2.56. The van der Waals surface area contributed by atoms with Gasteiger partial charge in [0, 0.05) is 11.6 Å². The van der Waals surface area contributed by atoms with Crippen LogP contribution in [0.25, 0.3) is 0 Å². The van der Waals surface area contributed by atoms with Crippen molar-refractivity contribution in [2.45, 2.75) is 37.5 Å². The van der Waals surface area contributed by atoms with Crippen LogP contribution in [0.3, 0.4) is 0 Å². The maximum atomic E-state index is 11.8. The van der Waals surface area contributed by atoms with E-state index >= 15 is 0 Å². The SMILES string of the molecule is COc1cc(O)c(C2(C(=O)O)CCCCC2)cc1C#N. The van der Waals surface area contributed by atoms with E-state index in [9.17, 15) is 15.0 Å². The fourth-order valence-electron chi connectivity index (χ4n) is 2.96. The van der Waals surface area contributed by atoms with Crippen molar-refractivity contribution in [3.63, 3.8) is 0 Å². The number of aromatic hydroxyl groups is 1. The van der Waals surface area contributed by atoms with Crippen molar-refractivity contribution in [3.05, 3.63) is 23.3 Å². The Morgan fingerprint density at radius 1 is 1.35 bits per heavy atom. The van der Waals surface area contributed by atoms with Crippen molar-refractivity contribution >= 4 is 5.97 Å². The highest BCUT2D eigenvalue weighted by atomic mass is 16.5. The lowest BCUT2D eigenvalue weighted by atomic mass is 9.69. The van der Waals surface area contributed by atoms with E-state index in [1.54, 1.807) is 0 Å². The van der Waals surface area contributed by atoms with E-state index in [-0.39, 0.29) is 17.1 Å². The van der Waals surface area contributed by atoms with Crippen LogP contribution in [0.2, 0.25) is 0 Å². The molecule has 1 aromatic rings. The Morgan fingerprint density at radius 3 is 2.50 bits per heavy atom. The van der Waals surface area contributed by atoms with Crippen LogP contribution < -0.4 is 4.74 Å². The number of phenolic OH excluding ortho intramolecular Hbond substituents is 1. The summed E-state index contributed by atoms with van der Waals surface area (Å²) >= 11 is 0. The quantitative estimate of drug-likeness (QED) is 0.884. The molecule has 0 heterocycles. The first-order valence-electron chi connectivity index (χ1n) is 6.60. The van der Waals surface area contributed by atoms with E-state index < -0.39 is 11.4 Å². The van der Waals surface area contributed by atoms with Crippen LogP contribution in [0, 0.1) is 11.3 Å². The number of aliphatic carboxylic acids is 1. The Labute approximate surface area is 117 Å². The van der Waals surface area contributed by atoms with E-state index in [1.807, 2.05) is 6.07 Å². The van der Waals surface area contributed by atoms with Gasteiger partial charge in [-0.05, 0) is 18.9 Å². The fourth-order valence-corrected chi connectivity index (χ4v) is 2.96. The number of carbonyl (C=O) groups is 1. The zero-order valence-corrected chi connectivity index (χ0v) is 11.3. The molecule has 2 rings (SSSR count). The third kappa shape index (κ3) is 2.18. The van der Waals surface area contributed by atoms with Crippen molar-refractivity contribution in [2.75, 3.05) is 7.11 Å². The minimum absolute atomic E-state index is 0.120. The van der Waals surface area contributed by atoms with Crippen molar-refractivity contribution < 1.29 is 19.7 Å². The first-order valence-corrected chi connectivity index (χ1v) is 6.60. The first-order chi connectivity index (χ1) is 9.55. The molecular formula is C15H17NO4. The molecule has 0 aromatic heterocycles. The highest BCUT2D eigenvalue weighted by Gasteiger charge is 2.43. The maximum Gasteiger partial charge on any atom is 0.314 e. The number of nitrogens with zero attached hydrogens (tertiary/aromatic N) is 1. The van der Waals surface area contributed by atoms with Gasteiger partial charge in [-0.3, -0.25) is 4.79 Å². The van der Waals surface area contributed by atoms with Crippen molar-refractivity contribution in [1.82, 2.24) is 0 Å². The molecule has 0 spiro atoms. The summed E-state index contributed by atoms with van der Waals surface area (Å²) in [4.78, 5) is 11.8. The summed E-state index contributed by atoms with van der Waals surface area (Å²) in [6.07, 6.45) is 3.57. The van der Waals surface area contributed by atoms with E-state index in [1.165, 1.54) is 19.2 Å². The maximum absolute atomic E-state index is 11.8. The van der Waals surface area contributed by atoms with Gasteiger partial charge in [0.25, 0.3) is 0 Å². The molecule has 0 radical (unpaired) electrons. The fraction of sp³-hybridized carbons (Fsp3) is 0.467. The third-order valence-electron chi connectivity index (χ3n) is 4.07. The molecule has 0 atom stereocenters. The van der Waals surface area contributed by atoms with Gasteiger partial charge in [-0.25, -0.2) is 0 Å². The average molecular weight is 275 g/mol. The number of hydrogen-bond acceptors (Lipinski definition) is 4. The average Bonchev–Trinajstić information content (AvgIpc) is 2.47. The smallest absolute Gasteiger partial charge is 0.314 e. The monoisotopic (exact) mass is 275 g/mol. The lowest BCUT2D eigenvalue weighted by molar-refractivity contribution is -0.145. The highest BCUT2D eigenvalue weighted by molar-refractivity contribution is 5.83. The number of phenols is 1. The molecule has 1 fully saturated rings. The van der Waals surface area contributed by atoms with Crippen molar-refractivity contribution in [1.29, 1.82) is 5.26 Å². The standard InChI is InChI=1S/C15H17NO4/c1-20-13-8-12(17)11(7-10(13)9-16)15(14(18)19)5-3-2-4-6-15/h7-8,17H,2-6H2,1H3,(H,18,19). The van der Waals surface area contributed by atoms with Gasteiger partial charge in [0.05, 0.1) is 18.1 Å². The first kappa shape index (κ1) is 14.2. The molecule has 1 aliphatic rings. The number of carboxylic acid groups (broad SMARTS) is 1. The summed E-state index contributed by atoms with van der Waals surface area (Å²) in [6, 6.07) is 4.76. The highest BCUT2D eigenvalue weighted by Crippen LogP contribution is 2.45. The second-order valence-electron chi connectivity index (χ2n) is 5.13. The zero-order valence-electron chi connectivity index (χ0n) is 11.3. The minimum Gasteiger partial charge on any atom is -0.507 e. The predicted molar refractivity (Wildman–Crippen MR) is 71.8 cm³/mol. The van der Waals surface area contributed by atoms with E-state index in [0.29, 0.717) is 18.4 Å². The topological polar surface area (TPSA) is 90.6 Å². The van der Waals surface area contributed by atoms with Crippen molar-refractivity contribution in [3.8, 4) is 17.6 Å². The lowest BCUT2D eigenvalue weighted by Crippen LogP contribution is -2.38. The number of nitriles is 1. The van der Waals surface area contributed by atoms with Gasteiger partial charge < -0.3 is 14.9 Å². The van der Waals surface area contributed by atoms with Gasteiger partial charge in [-0.15, -0.1) is 0 Å². The van der Waals surface area contributed by atoms with Gasteiger partial charge in [0.15, 0.2) is 0 Å². The summed E-state index contributed by atoms with van der Waals surface area (Å²) in [5.74, 6) is -0.809. The minimum atomic E-state index is -1.10. The van der Waals surface area contributed by atoms with Crippen LogP contribution in [-0.4, -0.2) is 23.3 Å². The number of methoxy groups -OCH3 is 1. The molecular weight excluding hydrogens is 258 g/mol. The second kappa shape index (κ2) is 5.41. The second-order valence-corrected chi connectivity index (χ2v) is 5.13. The molecule has 0 saturated heterocycles. The van der Waals surface area contributed by atoms with Gasteiger partial charge >= 0.3 is 5.97 Å². The number of hydrogen-bond donors (Lipinski definition) is 2. The number of rotatable bonds is 3. The summed E-state index contributed by atoms with van der Waals surface area (Å²) < 4.78 is 5.02. The van der Waals surface area contributed by atoms with Crippen LogP contribution in [0.5, 0.6) is 11.5 Å². The molecule has 20 heavy (non-hydrogen) atoms. The molecule has 1 aliphatic carbocycles. The van der Waals surface area contributed by atoms with Crippen LogP contribution >= 0.6 is 0 Å². The van der Waals surface area contributed by atoms with E-state index in [0.717, 1.165) is 19.3 Å². The summed E-state index contributed by atoms with van der Waals surface area (Å²) in [5.41, 5.74) is -0.534. The molecule has 0 aliphatic heterocycles. The van der Waals surface area contributed by atoms with Gasteiger partial charge in [0.2, 0.25) is 0 Å². The molecule has 0 bridgehead atoms. The Bertz CT molecular complexity index is 568. The molecule has 5 heteroatoms. The largest absolute Gasteiger partial charge is 0.507 e. The van der Waals surface area contributed by atoms with Crippen molar-refractivity contribution in [2.24, 2.45) is 0 Å². The Kier molecular flexibility index (Phi) is 3.84. The Balaban J connectivity index is 2.60. The zero-order chi connectivity index (χ0) is 14.8. The molecule has 0 unspecified atom stereocenters. The Hall–Kier alpha value is -2.22. The number of benzene rings is 1. The number of carboxylic acids is 1. The molecule has 0 amide bonds. The van der Waals surface area contributed by atoms with E-state index in [2.05, 4.69) is 0 Å². The van der Waals surface area contributed by atoms with E-state index in [4.69, 9.17) is 10.00 Å². The number of ether oxygens (including phenoxy) is 1. The normalized spacial score (nSPS) is 17.2. The summed E-state index contributed by atoms with van der Waals surface area (Å²) in [5, 5.41) is 28.9. The van der Waals surface area contributed by atoms with Crippen LogP contribution in [-0.2, 0) is 10.2 Å². The molecule has 5 nitrogen and oxygen atoms in total. The van der Waals surface area contributed by atoms with Gasteiger partial charge in [-0.2, -0.15) is 5.26 Å². The molecule has 1 aromatic carbocycles. The molecule has 1 saturated carbocycles. The van der Waals surface area contributed by atoms with Crippen LogP contribution in [0.1, 0.15) is 43.2 Å². The van der Waals surface area contributed by atoms with Gasteiger partial charge in [-0.1, -0.05) is 19.3 Å². The van der Waals surface area contributed by atoms with Gasteiger partial charge in [0.1, 0.15) is 17.6 Å². The molecule has 2 N–H and O–H groups in total. The van der Waals surface area contributed by atoms with Crippen LogP contribution in [0.4, 0.5) is 0 Å². The molecule has 106 valence electrons. The summed E-state index contributed by atoms with van der Waals surface area (Å²) in [6.45, 7) is 0. The Morgan fingerprint density at radius 2 is 2.00 bits per heavy atom. The third-order valence-corrected chi connectivity index (χ3v) is 4.07. The van der Waals surface area contributed by atoms with Crippen LogP contribution in [0.15, 0.2) is 12.1 Å². The lowest BCUT2D eigenvalue weighted by Gasteiger charge is -2.34. The summed E-state index contributed by atoms with van der Waals surface area (Å²) in [7, 11) is 1.41.